The first-order chi connectivity index (χ1) is 7.60. The van der Waals surface area contributed by atoms with Gasteiger partial charge >= 0.3 is 0 Å². The van der Waals surface area contributed by atoms with E-state index in [1.807, 2.05) is 13.8 Å². The zero-order valence-corrected chi connectivity index (χ0v) is 9.41. The molecule has 0 saturated carbocycles. The van der Waals surface area contributed by atoms with Gasteiger partial charge in [-0.15, -0.1) is 0 Å². The van der Waals surface area contributed by atoms with Gasteiger partial charge in [-0.3, -0.25) is 4.79 Å². The van der Waals surface area contributed by atoms with Crippen LogP contribution >= 0.6 is 0 Å². The fraction of sp³-hybridized carbons (Fsp3) is 0.417. The molecule has 16 heavy (non-hydrogen) atoms. The fourth-order valence-corrected chi connectivity index (χ4v) is 1.46. The lowest BCUT2D eigenvalue weighted by atomic mass is 10.1. The molecule has 0 aromatic heterocycles. The van der Waals surface area contributed by atoms with Gasteiger partial charge in [0.2, 0.25) is 0 Å². The lowest BCUT2D eigenvalue weighted by Crippen LogP contribution is -2.30. The van der Waals surface area contributed by atoms with E-state index in [1.54, 1.807) is 4.90 Å². The van der Waals surface area contributed by atoms with Gasteiger partial charge in [-0.25, -0.2) is 8.78 Å². The molecule has 0 radical (unpaired) electrons. The van der Waals surface area contributed by atoms with Crippen LogP contribution in [0.15, 0.2) is 24.3 Å². The molecule has 0 heterocycles. The number of carbonyl (C=O) groups is 1. The zero-order valence-electron chi connectivity index (χ0n) is 9.41. The third kappa shape index (κ3) is 2.78. The van der Waals surface area contributed by atoms with E-state index in [0.717, 1.165) is 0 Å². The molecule has 0 aliphatic carbocycles. The Morgan fingerprint density at radius 3 is 2.06 bits per heavy atom. The van der Waals surface area contributed by atoms with Crippen molar-refractivity contribution in [2.45, 2.75) is 20.3 Å². The minimum atomic E-state index is -2.49. The third-order valence-electron chi connectivity index (χ3n) is 2.46. The van der Waals surface area contributed by atoms with Gasteiger partial charge < -0.3 is 4.90 Å². The highest BCUT2D eigenvalue weighted by Crippen LogP contribution is 2.19. The maximum Gasteiger partial charge on any atom is 0.263 e. The van der Waals surface area contributed by atoms with Gasteiger partial charge in [-0.05, 0) is 26.0 Å². The molecule has 4 heteroatoms. The molecule has 2 nitrogen and oxygen atoms in total. The molecule has 0 unspecified atom stereocenters. The van der Waals surface area contributed by atoms with Crippen molar-refractivity contribution >= 4 is 5.91 Å². The summed E-state index contributed by atoms with van der Waals surface area (Å²) in [6.45, 7) is 5.00. The van der Waals surface area contributed by atoms with Gasteiger partial charge in [0, 0.05) is 24.2 Å². The maximum atomic E-state index is 12.3. The van der Waals surface area contributed by atoms with E-state index >= 15 is 0 Å². The van der Waals surface area contributed by atoms with Gasteiger partial charge in [-0.1, -0.05) is 12.1 Å². The summed E-state index contributed by atoms with van der Waals surface area (Å²) in [5.41, 5.74) is 0.393. The van der Waals surface area contributed by atoms with Crippen LogP contribution in [-0.2, 0) is 0 Å². The predicted octanol–water partition coefficient (Wildman–Crippen LogP) is 3.11. The third-order valence-corrected chi connectivity index (χ3v) is 2.46. The first kappa shape index (κ1) is 12.6. The summed E-state index contributed by atoms with van der Waals surface area (Å²) in [6.07, 6.45) is -2.49. The highest BCUT2D eigenvalue weighted by molar-refractivity contribution is 5.94. The van der Waals surface area contributed by atoms with Crippen molar-refractivity contribution < 1.29 is 13.6 Å². The van der Waals surface area contributed by atoms with Crippen molar-refractivity contribution in [3.05, 3.63) is 35.4 Å². The van der Waals surface area contributed by atoms with Crippen LogP contribution in [0.2, 0.25) is 0 Å². The van der Waals surface area contributed by atoms with Crippen LogP contribution < -0.4 is 0 Å². The summed E-state index contributed by atoms with van der Waals surface area (Å²) in [5, 5.41) is 0. The maximum absolute atomic E-state index is 12.3. The molecule has 0 bridgehead atoms. The van der Waals surface area contributed by atoms with E-state index in [0.29, 0.717) is 18.7 Å². The smallest absolute Gasteiger partial charge is 0.263 e. The highest BCUT2D eigenvalue weighted by atomic mass is 19.3. The van der Waals surface area contributed by atoms with Crippen molar-refractivity contribution in [1.29, 1.82) is 0 Å². The van der Waals surface area contributed by atoms with Crippen LogP contribution in [0.25, 0.3) is 0 Å². The normalized spacial score (nSPS) is 10.6. The Bertz CT molecular complexity index is 345. The highest BCUT2D eigenvalue weighted by Gasteiger charge is 2.13. The van der Waals surface area contributed by atoms with Crippen molar-refractivity contribution in [2.24, 2.45) is 0 Å². The molecule has 1 aromatic rings. The molecule has 0 atom stereocenters. The van der Waals surface area contributed by atoms with E-state index in [2.05, 4.69) is 0 Å². The molecule has 1 aromatic carbocycles. The van der Waals surface area contributed by atoms with Gasteiger partial charge in [-0.2, -0.15) is 0 Å². The number of hydrogen-bond acceptors (Lipinski definition) is 1. The molecular weight excluding hydrogens is 212 g/mol. The van der Waals surface area contributed by atoms with E-state index in [1.165, 1.54) is 24.3 Å². The topological polar surface area (TPSA) is 20.3 Å². The van der Waals surface area contributed by atoms with Gasteiger partial charge in [0.25, 0.3) is 12.3 Å². The lowest BCUT2D eigenvalue weighted by Gasteiger charge is -2.18. The summed E-state index contributed by atoms with van der Waals surface area (Å²) in [4.78, 5) is 13.5. The average molecular weight is 227 g/mol. The number of alkyl halides is 2. The predicted molar refractivity (Wildman–Crippen MR) is 58.7 cm³/mol. The van der Waals surface area contributed by atoms with E-state index in [4.69, 9.17) is 0 Å². The average Bonchev–Trinajstić information content (AvgIpc) is 2.30. The molecule has 0 saturated heterocycles. The fourth-order valence-electron chi connectivity index (χ4n) is 1.46. The van der Waals surface area contributed by atoms with Crippen LogP contribution in [0.3, 0.4) is 0 Å². The Balaban J connectivity index is 2.85. The number of benzene rings is 1. The van der Waals surface area contributed by atoms with E-state index in [9.17, 15) is 13.6 Å². The first-order valence-electron chi connectivity index (χ1n) is 5.27. The van der Waals surface area contributed by atoms with Gasteiger partial charge in [0.1, 0.15) is 0 Å². The first-order valence-corrected chi connectivity index (χ1v) is 5.27. The summed E-state index contributed by atoms with van der Waals surface area (Å²) in [5.74, 6) is -0.120. The second kappa shape index (κ2) is 5.58. The number of carbonyl (C=O) groups excluding carboxylic acids is 1. The largest absolute Gasteiger partial charge is 0.339 e. The van der Waals surface area contributed by atoms with Crippen molar-refractivity contribution in [3.63, 3.8) is 0 Å². The van der Waals surface area contributed by atoms with Crippen molar-refractivity contribution in [2.75, 3.05) is 13.1 Å². The van der Waals surface area contributed by atoms with Crippen LogP contribution in [-0.4, -0.2) is 23.9 Å². The molecular formula is C12H15F2NO. The second-order valence-electron chi connectivity index (χ2n) is 3.40. The van der Waals surface area contributed by atoms with Gasteiger partial charge in [0.05, 0.1) is 0 Å². The second-order valence-corrected chi connectivity index (χ2v) is 3.40. The summed E-state index contributed by atoms with van der Waals surface area (Å²) in [6, 6.07) is 5.48. The molecule has 0 N–H and O–H groups in total. The Labute approximate surface area is 93.9 Å². The Hall–Kier alpha value is -1.45. The van der Waals surface area contributed by atoms with Crippen LogP contribution in [0.5, 0.6) is 0 Å². The van der Waals surface area contributed by atoms with Crippen LogP contribution in [0.4, 0.5) is 8.78 Å². The molecule has 0 spiro atoms. The summed E-state index contributed by atoms with van der Waals surface area (Å²) < 4.78 is 24.6. The zero-order chi connectivity index (χ0) is 12.1. The Morgan fingerprint density at radius 1 is 1.19 bits per heavy atom. The molecule has 0 fully saturated rings. The Kier molecular flexibility index (Phi) is 4.40. The summed E-state index contributed by atoms with van der Waals surface area (Å²) >= 11 is 0. The van der Waals surface area contributed by atoms with Crippen LogP contribution in [0.1, 0.15) is 36.2 Å². The molecule has 0 aliphatic rings. The summed E-state index contributed by atoms with van der Waals surface area (Å²) in [7, 11) is 0. The van der Waals surface area contributed by atoms with Crippen molar-refractivity contribution in [3.8, 4) is 0 Å². The molecule has 1 amide bonds. The van der Waals surface area contributed by atoms with E-state index < -0.39 is 6.43 Å². The molecule has 1 rings (SSSR count). The minimum absolute atomic E-state index is 0.0592. The van der Waals surface area contributed by atoms with Crippen LogP contribution in [0, 0.1) is 0 Å². The van der Waals surface area contributed by atoms with E-state index in [-0.39, 0.29) is 11.5 Å². The molecule has 88 valence electrons. The monoisotopic (exact) mass is 227 g/mol. The van der Waals surface area contributed by atoms with Gasteiger partial charge in [0.15, 0.2) is 0 Å². The number of rotatable bonds is 4. The number of amides is 1. The minimum Gasteiger partial charge on any atom is -0.339 e. The lowest BCUT2D eigenvalue weighted by molar-refractivity contribution is 0.0772. The molecule has 0 aliphatic heterocycles. The standard InChI is InChI=1S/C12H15F2NO/c1-3-15(4-2)12(16)10-7-5-9(6-8-10)11(13)14/h5-8,11H,3-4H2,1-2H3. The number of nitrogens with zero attached hydrogens (tertiary/aromatic N) is 1. The Morgan fingerprint density at radius 2 is 1.69 bits per heavy atom. The number of halogens is 2. The quantitative estimate of drug-likeness (QED) is 0.774. The SMILES string of the molecule is CCN(CC)C(=O)c1ccc(C(F)F)cc1. The van der Waals surface area contributed by atoms with Crippen molar-refractivity contribution in [1.82, 2.24) is 4.90 Å². The number of hydrogen-bond donors (Lipinski definition) is 0.